The third-order valence-electron chi connectivity index (χ3n) is 3.11. The molecule has 0 aliphatic rings. The molecule has 1 aromatic heterocycles. The van der Waals surface area contributed by atoms with E-state index in [4.69, 9.17) is 9.47 Å². The molecule has 0 aliphatic carbocycles. The lowest BCUT2D eigenvalue weighted by molar-refractivity contribution is -0.0969. The third kappa shape index (κ3) is 4.01. The quantitative estimate of drug-likeness (QED) is 0.639. The van der Waals surface area contributed by atoms with Crippen molar-refractivity contribution in [3.05, 3.63) is 35.2 Å². The van der Waals surface area contributed by atoms with E-state index in [9.17, 15) is 0 Å². The van der Waals surface area contributed by atoms with Gasteiger partial charge in [0.05, 0.1) is 17.2 Å². The van der Waals surface area contributed by atoms with Crippen LogP contribution in [0.4, 0.5) is 0 Å². The molecule has 0 bridgehead atoms. The molecule has 2 rings (SSSR count). The van der Waals surface area contributed by atoms with Gasteiger partial charge in [-0.25, -0.2) is 4.98 Å². The van der Waals surface area contributed by atoms with Gasteiger partial charge in [-0.05, 0) is 62.8 Å². The average molecular weight is 284 g/mol. The Morgan fingerprint density at radius 3 is 2.29 bits per heavy atom. The van der Waals surface area contributed by atoms with E-state index >= 15 is 0 Å². The summed E-state index contributed by atoms with van der Waals surface area (Å²) < 4.78 is 10.8. The van der Waals surface area contributed by atoms with Crippen LogP contribution >= 0.6 is 0 Å². The second-order valence-electron chi connectivity index (χ2n) is 4.69. The molecule has 0 N–H and O–H groups in total. The Balaban J connectivity index is 2.29. The van der Waals surface area contributed by atoms with Gasteiger partial charge in [0, 0.05) is 13.2 Å². The molecule has 0 amide bonds. The normalized spacial score (nSPS) is 10.7. The molecule has 0 atom stereocenters. The van der Waals surface area contributed by atoms with Crippen LogP contribution in [0.5, 0.6) is 0 Å². The number of nitrogens with zero attached hydrogens (tertiary/aromatic N) is 2. The summed E-state index contributed by atoms with van der Waals surface area (Å²) in [7, 11) is 0. The van der Waals surface area contributed by atoms with Gasteiger partial charge in [0.15, 0.2) is 0 Å². The molecule has 4 heteroatoms. The van der Waals surface area contributed by atoms with Gasteiger partial charge in [-0.15, -0.1) is 0 Å². The zero-order valence-corrected chi connectivity index (χ0v) is 12.9. The highest BCUT2D eigenvalue weighted by atomic mass is 16.7. The van der Waals surface area contributed by atoms with E-state index in [0.717, 1.165) is 11.0 Å². The van der Waals surface area contributed by atoms with Crippen LogP contribution in [-0.2, 0) is 9.47 Å². The fourth-order valence-corrected chi connectivity index (χ4v) is 1.90. The largest absolute Gasteiger partial charge is 0.342 e. The second-order valence-corrected chi connectivity index (χ2v) is 4.69. The summed E-state index contributed by atoms with van der Waals surface area (Å²) in [5.74, 6) is 5.90. The summed E-state index contributed by atoms with van der Waals surface area (Å²) in [6.07, 6.45) is 1.16. The van der Waals surface area contributed by atoms with Gasteiger partial charge in [0.2, 0.25) is 6.29 Å². The number of hydrogen-bond acceptors (Lipinski definition) is 4. The number of rotatable bonds is 4. The molecule has 1 aromatic carbocycles. The SMILES string of the molecule is CCOC(C#Cc1cnc2cc(C)c(C)cc2n1)OCC. The Hall–Kier alpha value is -1.96. The van der Waals surface area contributed by atoms with Crippen molar-refractivity contribution in [2.24, 2.45) is 0 Å². The third-order valence-corrected chi connectivity index (χ3v) is 3.11. The zero-order chi connectivity index (χ0) is 15.2. The van der Waals surface area contributed by atoms with Crippen LogP contribution in [-0.4, -0.2) is 29.5 Å². The number of fused-ring (bicyclic) bond motifs is 1. The standard InChI is InChI=1S/C17H20N2O2/c1-5-20-17(21-6-2)8-7-14-11-18-15-9-12(3)13(4)10-16(15)19-14/h9-11,17H,5-6H2,1-4H3. The highest BCUT2D eigenvalue weighted by Gasteiger charge is 2.04. The van der Waals surface area contributed by atoms with Crippen molar-refractivity contribution in [3.63, 3.8) is 0 Å². The predicted octanol–water partition coefficient (Wildman–Crippen LogP) is 3.00. The van der Waals surface area contributed by atoms with Crippen LogP contribution in [0.3, 0.4) is 0 Å². The Kier molecular flexibility index (Phi) is 5.26. The molecular weight excluding hydrogens is 264 g/mol. The second kappa shape index (κ2) is 7.16. The molecule has 110 valence electrons. The van der Waals surface area contributed by atoms with Gasteiger partial charge in [0.1, 0.15) is 5.69 Å². The number of ether oxygens (including phenoxy) is 2. The first-order chi connectivity index (χ1) is 10.1. The Morgan fingerprint density at radius 1 is 1.05 bits per heavy atom. The first-order valence-electron chi connectivity index (χ1n) is 7.12. The average Bonchev–Trinajstić information content (AvgIpc) is 2.46. The Morgan fingerprint density at radius 2 is 1.67 bits per heavy atom. The maximum absolute atomic E-state index is 5.38. The lowest BCUT2D eigenvalue weighted by atomic mass is 10.1. The van der Waals surface area contributed by atoms with Crippen molar-refractivity contribution < 1.29 is 9.47 Å². The molecule has 21 heavy (non-hydrogen) atoms. The summed E-state index contributed by atoms with van der Waals surface area (Å²) in [5.41, 5.74) is 4.77. The molecule has 0 radical (unpaired) electrons. The molecule has 0 spiro atoms. The van der Waals surface area contributed by atoms with Gasteiger partial charge >= 0.3 is 0 Å². The minimum absolute atomic E-state index is 0.516. The molecular formula is C17H20N2O2. The highest BCUT2D eigenvalue weighted by molar-refractivity contribution is 5.76. The van der Waals surface area contributed by atoms with Gasteiger partial charge in [-0.1, -0.05) is 0 Å². The van der Waals surface area contributed by atoms with E-state index in [1.807, 2.05) is 26.0 Å². The molecule has 0 fully saturated rings. The first-order valence-corrected chi connectivity index (χ1v) is 7.12. The van der Waals surface area contributed by atoms with E-state index in [-0.39, 0.29) is 0 Å². The fourth-order valence-electron chi connectivity index (χ4n) is 1.90. The molecule has 0 unspecified atom stereocenters. The molecule has 1 heterocycles. The highest BCUT2D eigenvalue weighted by Crippen LogP contribution is 2.15. The molecule has 0 saturated heterocycles. The fraction of sp³-hybridized carbons (Fsp3) is 0.412. The number of benzene rings is 1. The maximum atomic E-state index is 5.38. The molecule has 4 nitrogen and oxygen atoms in total. The van der Waals surface area contributed by atoms with E-state index in [1.54, 1.807) is 6.20 Å². The summed E-state index contributed by atoms with van der Waals surface area (Å²) >= 11 is 0. The van der Waals surface area contributed by atoms with Gasteiger partial charge in [0.25, 0.3) is 0 Å². The summed E-state index contributed by atoms with van der Waals surface area (Å²) in [5, 5.41) is 0. The molecule has 0 aliphatic heterocycles. The van der Waals surface area contributed by atoms with Crippen LogP contribution in [0.15, 0.2) is 18.3 Å². The minimum Gasteiger partial charge on any atom is -0.342 e. The van der Waals surface area contributed by atoms with E-state index in [1.165, 1.54) is 11.1 Å². The van der Waals surface area contributed by atoms with Crippen molar-refractivity contribution >= 4 is 11.0 Å². The Bertz CT molecular complexity index is 680. The van der Waals surface area contributed by atoms with Crippen molar-refractivity contribution in [3.8, 4) is 11.8 Å². The maximum Gasteiger partial charge on any atom is 0.222 e. The van der Waals surface area contributed by atoms with Crippen molar-refractivity contribution in [2.45, 2.75) is 34.0 Å². The van der Waals surface area contributed by atoms with Gasteiger partial charge < -0.3 is 9.47 Å². The van der Waals surface area contributed by atoms with E-state index < -0.39 is 6.29 Å². The number of hydrogen-bond donors (Lipinski definition) is 0. The van der Waals surface area contributed by atoms with Crippen molar-refractivity contribution in [2.75, 3.05) is 13.2 Å². The smallest absolute Gasteiger partial charge is 0.222 e. The Labute approximate surface area is 125 Å². The van der Waals surface area contributed by atoms with Crippen LogP contribution in [0.2, 0.25) is 0 Å². The van der Waals surface area contributed by atoms with Crippen molar-refractivity contribution in [1.82, 2.24) is 9.97 Å². The lowest BCUT2D eigenvalue weighted by Crippen LogP contribution is -2.14. The van der Waals surface area contributed by atoms with Crippen LogP contribution in [0.25, 0.3) is 11.0 Å². The summed E-state index contributed by atoms with van der Waals surface area (Å²) in [6, 6.07) is 4.07. The van der Waals surface area contributed by atoms with Crippen LogP contribution in [0.1, 0.15) is 30.7 Å². The summed E-state index contributed by atoms with van der Waals surface area (Å²) in [6.45, 7) is 9.07. The van der Waals surface area contributed by atoms with Crippen LogP contribution < -0.4 is 0 Å². The number of aromatic nitrogens is 2. The number of aryl methyl sites for hydroxylation is 2. The minimum atomic E-state index is -0.516. The first kappa shape index (κ1) is 15.4. The zero-order valence-electron chi connectivity index (χ0n) is 12.9. The van der Waals surface area contributed by atoms with Gasteiger partial charge in [-0.2, -0.15) is 0 Å². The monoisotopic (exact) mass is 284 g/mol. The predicted molar refractivity (Wildman–Crippen MR) is 82.9 cm³/mol. The topological polar surface area (TPSA) is 44.2 Å². The summed E-state index contributed by atoms with van der Waals surface area (Å²) in [4.78, 5) is 8.93. The van der Waals surface area contributed by atoms with E-state index in [0.29, 0.717) is 18.9 Å². The van der Waals surface area contributed by atoms with Crippen LogP contribution in [0, 0.1) is 25.7 Å². The van der Waals surface area contributed by atoms with E-state index in [2.05, 4.69) is 35.7 Å². The molecule has 2 aromatic rings. The lowest BCUT2D eigenvalue weighted by Gasteiger charge is -2.09. The van der Waals surface area contributed by atoms with Crippen molar-refractivity contribution in [1.29, 1.82) is 0 Å². The molecule has 0 saturated carbocycles. The van der Waals surface area contributed by atoms with Gasteiger partial charge in [-0.3, -0.25) is 4.98 Å².